The molecule has 0 bridgehead atoms. The Hall–Kier alpha value is -2.09. The lowest BCUT2D eigenvalue weighted by molar-refractivity contribution is -0.118. The van der Waals surface area contributed by atoms with E-state index in [1.165, 1.54) is 11.1 Å². The van der Waals surface area contributed by atoms with Crippen LogP contribution in [0.5, 0.6) is 0 Å². The van der Waals surface area contributed by atoms with Gasteiger partial charge in [0.2, 0.25) is 6.41 Å². The summed E-state index contributed by atoms with van der Waals surface area (Å²) in [7, 11) is 1.84. The van der Waals surface area contributed by atoms with Crippen molar-refractivity contribution in [1.82, 2.24) is 4.90 Å². The highest BCUT2D eigenvalue weighted by Gasteiger charge is 2.19. The molecule has 0 heterocycles. The highest BCUT2D eigenvalue weighted by molar-refractivity contribution is 5.47. The van der Waals surface area contributed by atoms with E-state index in [-0.39, 0.29) is 6.04 Å². The number of carbonyl (C=O) groups excluding carboxylic acids is 1. The van der Waals surface area contributed by atoms with Crippen LogP contribution in [0.15, 0.2) is 60.7 Å². The molecule has 1 amide bonds. The monoisotopic (exact) mass is 267 g/mol. The highest BCUT2D eigenvalue weighted by Crippen LogP contribution is 2.29. The average molecular weight is 267 g/mol. The molecule has 0 N–H and O–H groups in total. The highest BCUT2D eigenvalue weighted by atomic mass is 16.1. The van der Waals surface area contributed by atoms with Crippen molar-refractivity contribution in [3.05, 3.63) is 71.8 Å². The third-order valence-electron chi connectivity index (χ3n) is 3.84. The second-order valence-corrected chi connectivity index (χ2v) is 5.23. The van der Waals surface area contributed by atoms with Gasteiger partial charge in [-0.2, -0.15) is 0 Å². The normalized spacial score (nSPS) is 12.2. The van der Waals surface area contributed by atoms with Crippen LogP contribution in [-0.2, 0) is 4.79 Å². The van der Waals surface area contributed by atoms with E-state index in [0.29, 0.717) is 5.92 Å². The van der Waals surface area contributed by atoms with Gasteiger partial charge in [0.15, 0.2) is 0 Å². The fourth-order valence-electron chi connectivity index (χ4n) is 2.45. The summed E-state index contributed by atoms with van der Waals surface area (Å²) >= 11 is 0. The molecule has 2 aromatic rings. The van der Waals surface area contributed by atoms with Crippen LogP contribution < -0.4 is 0 Å². The lowest BCUT2D eigenvalue weighted by Gasteiger charge is -2.26. The molecule has 1 atom stereocenters. The van der Waals surface area contributed by atoms with Crippen LogP contribution in [0.1, 0.15) is 30.4 Å². The lowest BCUT2D eigenvalue weighted by Crippen LogP contribution is -2.29. The fourth-order valence-corrected chi connectivity index (χ4v) is 2.45. The first-order chi connectivity index (χ1) is 9.72. The number of hydrogen-bond acceptors (Lipinski definition) is 1. The van der Waals surface area contributed by atoms with E-state index in [2.05, 4.69) is 55.5 Å². The number of benzene rings is 2. The van der Waals surface area contributed by atoms with E-state index in [4.69, 9.17) is 0 Å². The third kappa shape index (κ3) is 3.47. The zero-order valence-electron chi connectivity index (χ0n) is 12.1. The molecule has 2 aromatic carbocycles. The van der Waals surface area contributed by atoms with Crippen LogP contribution in [-0.4, -0.2) is 24.4 Å². The fraction of sp³-hybridized carbons (Fsp3) is 0.278. The van der Waals surface area contributed by atoms with Crippen molar-refractivity contribution < 1.29 is 4.79 Å². The molecule has 20 heavy (non-hydrogen) atoms. The maximum Gasteiger partial charge on any atom is 0.209 e. The van der Waals surface area contributed by atoms with Gasteiger partial charge in [-0.3, -0.25) is 4.79 Å². The SMILES string of the molecule is C[C@@H](CC(c1ccccc1)c1ccccc1)N(C)C=O. The van der Waals surface area contributed by atoms with Crippen molar-refractivity contribution in [2.24, 2.45) is 0 Å². The Morgan fingerprint density at radius 3 is 1.80 bits per heavy atom. The maximum absolute atomic E-state index is 10.9. The minimum absolute atomic E-state index is 0.206. The van der Waals surface area contributed by atoms with Gasteiger partial charge in [-0.1, -0.05) is 60.7 Å². The molecule has 0 unspecified atom stereocenters. The van der Waals surface area contributed by atoms with Gasteiger partial charge in [0.1, 0.15) is 0 Å². The second-order valence-electron chi connectivity index (χ2n) is 5.23. The van der Waals surface area contributed by atoms with Gasteiger partial charge in [-0.05, 0) is 24.5 Å². The molecule has 0 saturated heterocycles. The Bertz CT molecular complexity index is 484. The average Bonchev–Trinajstić information content (AvgIpc) is 2.53. The quantitative estimate of drug-likeness (QED) is 0.731. The molecule has 0 aromatic heterocycles. The van der Waals surface area contributed by atoms with Crippen LogP contribution in [0.4, 0.5) is 0 Å². The number of amides is 1. The van der Waals surface area contributed by atoms with E-state index < -0.39 is 0 Å². The van der Waals surface area contributed by atoms with Crippen molar-refractivity contribution in [2.45, 2.75) is 25.3 Å². The summed E-state index contributed by atoms with van der Waals surface area (Å²) in [5.41, 5.74) is 2.59. The zero-order chi connectivity index (χ0) is 14.4. The standard InChI is InChI=1S/C18H21NO/c1-15(19(2)14-20)13-18(16-9-5-3-6-10-16)17-11-7-4-8-12-17/h3-12,14-15,18H,13H2,1-2H3/t15-/m0/s1. The first-order valence-electron chi connectivity index (χ1n) is 6.99. The Balaban J connectivity index is 2.28. The van der Waals surface area contributed by atoms with Crippen molar-refractivity contribution in [3.63, 3.8) is 0 Å². The summed E-state index contributed by atoms with van der Waals surface area (Å²) in [5.74, 6) is 0.315. The van der Waals surface area contributed by atoms with Crippen LogP contribution >= 0.6 is 0 Å². The van der Waals surface area contributed by atoms with Crippen molar-refractivity contribution in [2.75, 3.05) is 7.05 Å². The summed E-state index contributed by atoms with van der Waals surface area (Å²) in [4.78, 5) is 12.7. The predicted octanol–water partition coefficient (Wildman–Crippen LogP) is 3.69. The summed E-state index contributed by atoms with van der Waals surface area (Å²) in [6.45, 7) is 2.09. The third-order valence-corrected chi connectivity index (χ3v) is 3.84. The molecule has 0 radical (unpaired) electrons. The Morgan fingerprint density at radius 1 is 0.950 bits per heavy atom. The van der Waals surface area contributed by atoms with Gasteiger partial charge in [0, 0.05) is 19.0 Å². The molecule has 0 aliphatic carbocycles. The maximum atomic E-state index is 10.9. The number of nitrogens with zero attached hydrogens (tertiary/aromatic N) is 1. The van der Waals surface area contributed by atoms with Crippen LogP contribution in [0.25, 0.3) is 0 Å². The summed E-state index contributed by atoms with van der Waals surface area (Å²) < 4.78 is 0. The van der Waals surface area contributed by atoms with Gasteiger partial charge in [-0.15, -0.1) is 0 Å². The van der Waals surface area contributed by atoms with Gasteiger partial charge in [0.25, 0.3) is 0 Å². The van der Waals surface area contributed by atoms with E-state index in [0.717, 1.165) is 12.8 Å². The zero-order valence-corrected chi connectivity index (χ0v) is 12.1. The van der Waals surface area contributed by atoms with Crippen molar-refractivity contribution in [3.8, 4) is 0 Å². The molecule has 0 aliphatic rings. The number of hydrogen-bond donors (Lipinski definition) is 0. The van der Waals surface area contributed by atoms with E-state index >= 15 is 0 Å². The smallest absolute Gasteiger partial charge is 0.209 e. The first kappa shape index (κ1) is 14.3. The molecule has 0 saturated carbocycles. The largest absolute Gasteiger partial charge is 0.346 e. The van der Waals surface area contributed by atoms with E-state index in [1.54, 1.807) is 4.90 Å². The van der Waals surface area contributed by atoms with E-state index in [1.807, 2.05) is 19.2 Å². The molecular weight excluding hydrogens is 246 g/mol. The van der Waals surface area contributed by atoms with Crippen LogP contribution in [0.3, 0.4) is 0 Å². The summed E-state index contributed by atoms with van der Waals surface area (Å²) in [6, 6.07) is 21.2. The molecule has 2 heteroatoms. The second kappa shape index (κ2) is 6.90. The Morgan fingerprint density at radius 2 is 1.40 bits per heavy atom. The van der Waals surface area contributed by atoms with E-state index in [9.17, 15) is 4.79 Å². The molecule has 0 fully saturated rings. The van der Waals surface area contributed by atoms with Gasteiger partial charge in [-0.25, -0.2) is 0 Å². The molecule has 0 aliphatic heterocycles. The van der Waals surface area contributed by atoms with Gasteiger partial charge < -0.3 is 4.90 Å². The van der Waals surface area contributed by atoms with Gasteiger partial charge in [0.05, 0.1) is 0 Å². The number of rotatable bonds is 6. The molecule has 2 nitrogen and oxygen atoms in total. The number of carbonyl (C=O) groups is 1. The van der Waals surface area contributed by atoms with Gasteiger partial charge >= 0.3 is 0 Å². The summed E-state index contributed by atoms with van der Waals surface area (Å²) in [6.07, 6.45) is 1.82. The minimum Gasteiger partial charge on any atom is -0.346 e. The Kier molecular flexibility index (Phi) is 4.94. The van der Waals surface area contributed by atoms with Crippen molar-refractivity contribution >= 4 is 6.41 Å². The minimum atomic E-state index is 0.206. The lowest BCUT2D eigenvalue weighted by atomic mass is 9.86. The predicted molar refractivity (Wildman–Crippen MR) is 82.6 cm³/mol. The Labute approximate surface area is 121 Å². The molecular formula is C18H21NO. The molecule has 104 valence electrons. The van der Waals surface area contributed by atoms with Crippen LogP contribution in [0, 0.1) is 0 Å². The molecule has 0 spiro atoms. The topological polar surface area (TPSA) is 20.3 Å². The first-order valence-corrected chi connectivity index (χ1v) is 6.99. The summed E-state index contributed by atoms with van der Waals surface area (Å²) in [5, 5.41) is 0. The van der Waals surface area contributed by atoms with Crippen LogP contribution in [0.2, 0.25) is 0 Å². The molecule has 2 rings (SSSR count). The van der Waals surface area contributed by atoms with Crippen molar-refractivity contribution in [1.29, 1.82) is 0 Å².